The number of thiazole rings is 1. The summed E-state index contributed by atoms with van der Waals surface area (Å²) in [5.74, 6) is -0.907. The second-order valence-corrected chi connectivity index (χ2v) is 7.26. The number of hydrogen-bond donors (Lipinski definition) is 1. The summed E-state index contributed by atoms with van der Waals surface area (Å²) in [5, 5.41) is 14.4. The van der Waals surface area contributed by atoms with Crippen LogP contribution in [0, 0.1) is 17.1 Å². The minimum Gasteiger partial charge on any atom is -0.336 e. The van der Waals surface area contributed by atoms with Crippen LogP contribution in [-0.4, -0.2) is 10.9 Å². The molecule has 3 aromatic rings. The molecule has 0 saturated heterocycles. The first-order valence-electron chi connectivity index (χ1n) is 7.70. The van der Waals surface area contributed by atoms with E-state index >= 15 is 0 Å². The lowest BCUT2D eigenvalue weighted by Crippen LogP contribution is -2.29. The molecular formula is C19H13BrFN3OS. The van der Waals surface area contributed by atoms with Crippen molar-refractivity contribution in [2.45, 2.75) is 12.5 Å². The molecule has 0 aliphatic heterocycles. The molecule has 3 rings (SSSR count). The van der Waals surface area contributed by atoms with Crippen LogP contribution in [0.1, 0.15) is 17.3 Å². The highest BCUT2D eigenvalue weighted by Crippen LogP contribution is 2.26. The van der Waals surface area contributed by atoms with Gasteiger partial charge >= 0.3 is 0 Å². The van der Waals surface area contributed by atoms with Crippen molar-refractivity contribution in [3.63, 3.8) is 0 Å². The molecule has 2 aromatic carbocycles. The van der Waals surface area contributed by atoms with Crippen molar-refractivity contribution < 1.29 is 9.18 Å². The number of hydrogen-bond acceptors (Lipinski definition) is 4. The van der Waals surface area contributed by atoms with Crippen LogP contribution in [0.2, 0.25) is 0 Å². The van der Waals surface area contributed by atoms with Gasteiger partial charge in [0.05, 0.1) is 18.2 Å². The lowest BCUT2D eigenvalue weighted by Gasteiger charge is -2.12. The monoisotopic (exact) mass is 429 g/mol. The van der Waals surface area contributed by atoms with E-state index in [-0.39, 0.29) is 17.9 Å². The summed E-state index contributed by atoms with van der Waals surface area (Å²) in [5.41, 5.74) is 1.71. The SMILES string of the molecule is N#CC(NC(=O)Cc1csc(-c2cccc(Br)c2)n1)c1ccccc1F. The van der Waals surface area contributed by atoms with Crippen molar-refractivity contribution in [1.29, 1.82) is 5.26 Å². The second kappa shape index (κ2) is 8.21. The van der Waals surface area contributed by atoms with Crippen molar-refractivity contribution in [2.24, 2.45) is 0 Å². The number of nitriles is 1. The summed E-state index contributed by atoms with van der Waals surface area (Å²) in [6.45, 7) is 0. The lowest BCUT2D eigenvalue weighted by molar-refractivity contribution is -0.120. The Kier molecular flexibility index (Phi) is 5.76. The van der Waals surface area contributed by atoms with Crippen LogP contribution < -0.4 is 5.32 Å². The summed E-state index contributed by atoms with van der Waals surface area (Å²) in [7, 11) is 0. The zero-order chi connectivity index (χ0) is 18.5. The van der Waals surface area contributed by atoms with Gasteiger partial charge in [0.2, 0.25) is 5.91 Å². The smallest absolute Gasteiger partial charge is 0.227 e. The summed E-state index contributed by atoms with van der Waals surface area (Å²) in [4.78, 5) is 16.7. The van der Waals surface area contributed by atoms with Crippen molar-refractivity contribution in [2.75, 3.05) is 0 Å². The summed E-state index contributed by atoms with van der Waals surface area (Å²) >= 11 is 4.86. The van der Waals surface area contributed by atoms with Gasteiger partial charge in [-0.25, -0.2) is 9.37 Å². The van der Waals surface area contributed by atoms with Crippen LogP contribution in [0.4, 0.5) is 4.39 Å². The maximum Gasteiger partial charge on any atom is 0.227 e. The fraction of sp³-hybridized carbons (Fsp3) is 0.105. The molecule has 1 N–H and O–H groups in total. The Hall–Kier alpha value is -2.56. The van der Waals surface area contributed by atoms with Crippen molar-refractivity contribution in [3.8, 4) is 16.6 Å². The van der Waals surface area contributed by atoms with Crippen LogP contribution >= 0.6 is 27.3 Å². The standard InChI is InChI=1S/C19H13BrFN3OS/c20-13-5-3-4-12(8-13)19-23-14(11-26-19)9-18(25)24-17(10-22)15-6-1-2-7-16(15)21/h1-8,11,17H,9H2,(H,24,25). The summed E-state index contributed by atoms with van der Waals surface area (Å²) in [6, 6.07) is 14.5. The molecule has 0 aliphatic carbocycles. The molecule has 4 nitrogen and oxygen atoms in total. The minimum absolute atomic E-state index is 0.0249. The maximum atomic E-state index is 13.8. The number of nitrogens with one attached hydrogen (secondary N) is 1. The van der Waals surface area contributed by atoms with Crippen LogP contribution in [0.5, 0.6) is 0 Å². The fourth-order valence-corrected chi connectivity index (χ4v) is 3.62. The largest absolute Gasteiger partial charge is 0.336 e. The zero-order valence-electron chi connectivity index (χ0n) is 13.4. The van der Waals surface area contributed by atoms with E-state index in [4.69, 9.17) is 0 Å². The van der Waals surface area contributed by atoms with E-state index in [1.165, 1.54) is 29.5 Å². The Bertz CT molecular complexity index is 983. The molecule has 1 aromatic heterocycles. The third-order valence-corrected chi connectivity index (χ3v) is 5.05. The van der Waals surface area contributed by atoms with Crippen molar-refractivity contribution in [3.05, 3.63) is 75.5 Å². The van der Waals surface area contributed by atoms with Gasteiger partial charge in [-0.05, 0) is 18.2 Å². The van der Waals surface area contributed by atoms with Crippen LogP contribution in [-0.2, 0) is 11.2 Å². The van der Waals surface area contributed by atoms with Crippen LogP contribution in [0.3, 0.4) is 0 Å². The number of carbonyl (C=O) groups excluding carboxylic acids is 1. The predicted molar refractivity (Wildman–Crippen MR) is 102 cm³/mol. The number of nitrogens with zero attached hydrogens (tertiary/aromatic N) is 2. The van der Waals surface area contributed by atoms with Crippen molar-refractivity contribution >= 4 is 33.2 Å². The van der Waals surface area contributed by atoms with Crippen LogP contribution in [0.25, 0.3) is 10.6 Å². The quantitative estimate of drug-likeness (QED) is 0.642. The number of benzene rings is 2. The molecule has 1 heterocycles. The number of rotatable bonds is 5. The van der Waals surface area contributed by atoms with Gasteiger partial charge < -0.3 is 5.32 Å². The molecule has 1 unspecified atom stereocenters. The first-order valence-corrected chi connectivity index (χ1v) is 9.38. The molecule has 130 valence electrons. The number of amides is 1. The zero-order valence-corrected chi connectivity index (χ0v) is 15.8. The Morgan fingerprint density at radius 2 is 2.12 bits per heavy atom. The third-order valence-electron chi connectivity index (χ3n) is 3.62. The van der Waals surface area contributed by atoms with Gasteiger partial charge in [0.1, 0.15) is 16.9 Å². The van der Waals surface area contributed by atoms with E-state index in [1.54, 1.807) is 11.4 Å². The molecule has 0 saturated carbocycles. The van der Waals surface area contributed by atoms with Crippen molar-refractivity contribution in [1.82, 2.24) is 10.3 Å². The van der Waals surface area contributed by atoms with E-state index in [2.05, 4.69) is 26.2 Å². The molecule has 7 heteroatoms. The average Bonchev–Trinajstić information content (AvgIpc) is 3.09. The maximum absolute atomic E-state index is 13.8. The molecule has 0 fully saturated rings. The molecule has 1 atom stereocenters. The lowest BCUT2D eigenvalue weighted by atomic mass is 10.1. The van der Waals surface area contributed by atoms with Crippen LogP contribution in [0.15, 0.2) is 58.4 Å². The normalized spacial score (nSPS) is 11.6. The van der Waals surface area contributed by atoms with E-state index in [0.717, 1.165) is 15.0 Å². The third kappa shape index (κ3) is 4.34. The Morgan fingerprint density at radius 3 is 2.85 bits per heavy atom. The highest BCUT2D eigenvalue weighted by atomic mass is 79.9. The van der Waals surface area contributed by atoms with E-state index in [1.807, 2.05) is 30.3 Å². The van der Waals surface area contributed by atoms with E-state index < -0.39 is 11.9 Å². The number of aromatic nitrogens is 1. The number of halogens is 2. The predicted octanol–water partition coefficient (Wildman–Crippen LogP) is 4.64. The Morgan fingerprint density at radius 1 is 1.31 bits per heavy atom. The molecule has 0 radical (unpaired) electrons. The van der Waals surface area contributed by atoms with Gasteiger partial charge in [0.15, 0.2) is 0 Å². The molecule has 0 bridgehead atoms. The minimum atomic E-state index is -1.04. The highest BCUT2D eigenvalue weighted by molar-refractivity contribution is 9.10. The molecular weight excluding hydrogens is 417 g/mol. The topological polar surface area (TPSA) is 65.8 Å². The first-order chi connectivity index (χ1) is 12.6. The number of carbonyl (C=O) groups is 1. The highest BCUT2D eigenvalue weighted by Gasteiger charge is 2.18. The Labute approximate surface area is 162 Å². The average molecular weight is 430 g/mol. The second-order valence-electron chi connectivity index (χ2n) is 5.48. The van der Waals surface area contributed by atoms with Gasteiger partial charge in [-0.1, -0.05) is 46.3 Å². The van der Waals surface area contributed by atoms with Gasteiger partial charge in [-0.2, -0.15) is 5.26 Å². The van der Waals surface area contributed by atoms with E-state index in [0.29, 0.717) is 5.69 Å². The molecule has 1 amide bonds. The Balaban J connectivity index is 1.69. The van der Waals surface area contributed by atoms with Gasteiger partial charge in [0.25, 0.3) is 0 Å². The van der Waals surface area contributed by atoms with Gasteiger partial charge in [-0.3, -0.25) is 4.79 Å². The van der Waals surface area contributed by atoms with E-state index in [9.17, 15) is 14.4 Å². The molecule has 26 heavy (non-hydrogen) atoms. The fourth-order valence-electron chi connectivity index (χ4n) is 2.41. The van der Waals surface area contributed by atoms with Gasteiger partial charge in [0, 0.05) is 21.0 Å². The summed E-state index contributed by atoms with van der Waals surface area (Å²) in [6.07, 6.45) is 0.0249. The first kappa shape index (κ1) is 18.2. The molecule has 0 aliphatic rings. The summed E-state index contributed by atoms with van der Waals surface area (Å²) < 4.78 is 14.8. The molecule has 0 spiro atoms. The van der Waals surface area contributed by atoms with Gasteiger partial charge in [-0.15, -0.1) is 11.3 Å².